The summed E-state index contributed by atoms with van der Waals surface area (Å²) >= 11 is 0. The minimum atomic E-state index is 0.00845. The zero-order valence-corrected chi connectivity index (χ0v) is 16.8. The van der Waals surface area contributed by atoms with Crippen LogP contribution in [-0.2, 0) is 16.6 Å². The molecule has 1 N–H and O–H groups in total. The quantitative estimate of drug-likeness (QED) is 0.783. The Balaban J connectivity index is 1.90. The Morgan fingerprint density at radius 1 is 1.12 bits per heavy atom. The van der Waals surface area contributed by atoms with Gasteiger partial charge in [0.15, 0.2) is 0 Å². The van der Waals surface area contributed by atoms with Gasteiger partial charge in [0.05, 0.1) is 13.2 Å². The monoisotopic (exact) mass is 353 g/mol. The maximum atomic E-state index is 12.3. The molecule has 2 aromatic rings. The van der Waals surface area contributed by atoms with Crippen molar-refractivity contribution < 1.29 is 9.53 Å². The molecule has 2 rings (SSSR count). The van der Waals surface area contributed by atoms with Crippen molar-refractivity contribution in [1.82, 2.24) is 5.32 Å². The zero-order valence-electron chi connectivity index (χ0n) is 16.8. The second kappa shape index (κ2) is 8.39. The third-order valence-corrected chi connectivity index (χ3v) is 4.75. The first-order valence-corrected chi connectivity index (χ1v) is 9.24. The van der Waals surface area contributed by atoms with Crippen LogP contribution in [0.3, 0.4) is 0 Å². The van der Waals surface area contributed by atoms with Crippen molar-refractivity contribution >= 4 is 5.91 Å². The summed E-state index contributed by atoms with van der Waals surface area (Å²) in [5.74, 6) is 0.955. The summed E-state index contributed by atoms with van der Waals surface area (Å²) < 4.78 is 5.28. The van der Waals surface area contributed by atoms with E-state index in [1.807, 2.05) is 26.0 Å². The first-order chi connectivity index (χ1) is 12.2. The summed E-state index contributed by atoms with van der Waals surface area (Å²) in [6.07, 6.45) is 1.21. The van der Waals surface area contributed by atoms with Crippen LogP contribution < -0.4 is 10.1 Å². The van der Waals surface area contributed by atoms with Gasteiger partial charge >= 0.3 is 0 Å². The number of aryl methyl sites for hydroxylation is 2. The number of carbonyl (C=O) groups excluding carboxylic acids is 1. The highest BCUT2D eigenvalue weighted by molar-refractivity contribution is 5.76. The Hall–Kier alpha value is -2.29. The van der Waals surface area contributed by atoms with Crippen LogP contribution >= 0.6 is 0 Å². The molecule has 0 unspecified atom stereocenters. The maximum absolute atomic E-state index is 12.3. The predicted molar refractivity (Wildman–Crippen MR) is 108 cm³/mol. The van der Waals surface area contributed by atoms with Gasteiger partial charge in [0.1, 0.15) is 5.75 Å². The molecule has 0 fully saturated rings. The average Bonchev–Trinajstić information content (AvgIpc) is 2.59. The van der Waals surface area contributed by atoms with E-state index < -0.39 is 0 Å². The zero-order chi connectivity index (χ0) is 19.3. The van der Waals surface area contributed by atoms with Gasteiger partial charge in [-0.1, -0.05) is 57.2 Å². The molecule has 0 bridgehead atoms. The summed E-state index contributed by atoms with van der Waals surface area (Å²) in [7, 11) is 1.67. The van der Waals surface area contributed by atoms with E-state index in [0.29, 0.717) is 6.42 Å². The van der Waals surface area contributed by atoms with E-state index in [1.54, 1.807) is 7.11 Å². The van der Waals surface area contributed by atoms with Crippen LogP contribution in [0.4, 0.5) is 0 Å². The molecule has 0 aliphatic carbocycles. The Morgan fingerprint density at radius 3 is 2.31 bits per heavy atom. The molecule has 0 aromatic heterocycles. The summed E-state index contributed by atoms with van der Waals surface area (Å²) in [4.78, 5) is 12.3. The number of carbonyl (C=O) groups is 1. The van der Waals surface area contributed by atoms with Gasteiger partial charge in [-0.15, -0.1) is 0 Å². The second-order valence-corrected chi connectivity index (χ2v) is 7.97. The number of rotatable bonds is 6. The van der Waals surface area contributed by atoms with Crippen LogP contribution in [-0.4, -0.2) is 13.0 Å². The fourth-order valence-corrected chi connectivity index (χ4v) is 3.02. The summed E-state index contributed by atoms with van der Waals surface area (Å²) in [5.41, 5.74) is 4.82. The summed E-state index contributed by atoms with van der Waals surface area (Å²) in [5, 5.41) is 3.10. The molecular weight excluding hydrogens is 322 g/mol. The number of methoxy groups -OCH3 is 1. The van der Waals surface area contributed by atoms with E-state index in [4.69, 9.17) is 4.74 Å². The number of nitrogens with one attached hydrogen (secondary N) is 1. The normalized spacial score (nSPS) is 12.5. The lowest BCUT2D eigenvalue weighted by molar-refractivity contribution is -0.121. The topological polar surface area (TPSA) is 38.3 Å². The minimum absolute atomic E-state index is 0.00845. The third kappa shape index (κ3) is 5.35. The highest BCUT2D eigenvalue weighted by atomic mass is 16.5. The number of hydrogen-bond donors (Lipinski definition) is 1. The van der Waals surface area contributed by atoms with Crippen molar-refractivity contribution in [2.75, 3.05) is 7.11 Å². The molecule has 0 spiro atoms. The van der Waals surface area contributed by atoms with Gasteiger partial charge < -0.3 is 10.1 Å². The summed E-state index contributed by atoms with van der Waals surface area (Å²) in [6.45, 7) is 10.7. The Bertz CT molecular complexity index is 742. The number of ether oxygens (including phenoxy) is 1. The standard InChI is InChI=1S/C23H31NO2/c1-16-15-18(7-13-21(16)26-6)8-14-22(25)24-17(2)19-9-11-20(12-10-19)23(3,4)5/h7,9-13,15,17H,8,14H2,1-6H3,(H,24,25)/t17-/m0/s1. The van der Waals surface area contributed by atoms with Gasteiger partial charge in [-0.25, -0.2) is 0 Å². The smallest absolute Gasteiger partial charge is 0.220 e. The lowest BCUT2D eigenvalue weighted by atomic mass is 9.86. The molecule has 1 atom stereocenters. The van der Waals surface area contributed by atoms with Gasteiger partial charge in [0.2, 0.25) is 5.91 Å². The Labute approximate surface area is 157 Å². The number of amides is 1. The fraction of sp³-hybridized carbons (Fsp3) is 0.435. The molecule has 2 aromatic carbocycles. The number of hydrogen-bond acceptors (Lipinski definition) is 2. The van der Waals surface area contributed by atoms with Crippen LogP contribution in [0.15, 0.2) is 42.5 Å². The van der Waals surface area contributed by atoms with Gasteiger partial charge in [0.25, 0.3) is 0 Å². The molecule has 3 nitrogen and oxygen atoms in total. The number of benzene rings is 2. The molecule has 3 heteroatoms. The van der Waals surface area contributed by atoms with Crippen molar-refractivity contribution in [3.05, 3.63) is 64.7 Å². The molecule has 140 valence electrons. The van der Waals surface area contributed by atoms with E-state index in [0.717, 1.165) is 28.9 Å². The van der Waals surface area contributed by atoms with E-state index in [-0.39, 0.29) is 17.4 Å². The molecule has 1 amide bonds. The van der Waals surface area contributed by atoms with Crippen molar-refractivity contribution in [1.29, 1.82) is 0 Å². The Morgan fingerprint density at radius 2 is 1.77 bits per heavy atom. The minimum Gasteiger partial charge on any atom is -0.496 e. The molecule has 0 aliphatic heterocycles. The second-order valence-electron chi connectivity index (χ2n) is 7.97. The molecule has 26 heavy (non-hydrogen) atoms. The van der Waals surface area contributed by atoms with Crippen molar-refractivity contribution in [2.24, 2.45) is 0 Å². The van der Waals surface area contributed by atoms with Gasteiger partial charge in [-0.05, 0) is 54.0 Å². The molecule has 0 aliphatic rings. The van der Waals surface area contributed by atoms with Crippen LogP contribution in [0.2, 0.25) is 0 Å². The highest BCUT2D eigenvalue weighted by Gasteiger charge is 2.15. The van der Waals surface area contributed by atoms with E-state index in [2.05, 4.69) is 56.4 Å². The van der Waals surface area contributed by atoms with Crippen LogP contribution in [0.5, 0.6) is 5.75 Å². The van der Waals surface area contributed by atoms with E-state index in [1.165, 1.54) is 5.56 Å². The molecule has 0 heterocycles. The highest BCUT2D eigenvalue weighted by Crippen LogP contribution is 2.24. The van der Waals surface area contributed by atoms with Crippen LogP contribution in [0, 0.1) is 6.92 Å². The Kier molecular flexibility index (Phi) is 6.47. The fourth-order valence-electron chi connectivity index (χ4n) is 3.02. The summed E-state index contributed by atoms with van der Waals surface area (Å²) in [6, 6.07) is 14.6. The molecule has 0 saturated heterocycles. The average molecular weight is 354 g/mol. The first-order valence-electron chi connectivity index (χ1n) is 9.24. The van der Waals surface area contributed by atoms with Crippen molar-refractivity contribution in [3.63, 3.8) is 0 Å². The van der Waals surface area contributed by atoms with Crippen molar-refractivity contribution in [2.45, 2.75) is 58.9 Å². The predicted octanol–water partition coefficient (Wildman–Crippen LogP) is 5.11. The van der Waals surface area contributed by atoms with E-state index in [9.17, 15) is 4.79 Å². The first kappa shape index (κ1) is 20.0. The molecule has 0 saturated carbocycles. The molecular formula is C23H31NO2. The molecule has 0 radical (unpaired) electrons. The van der Waals surface area contributed by atoms with Gasteiger partial charge in [0, 0.05) is 6.42 Å². The largest absolute Gasteiger partial charge is 0.496 e. The van der Waals surface area contributed by atoms with Crippen LogP contribution in [0.1, 0.15) is 62.4 Å². The SMILES string of the molecule is COc1ccc(CCC(=O)N[C@@H](C)c2ccc(C(C)(C)C)cc2)cc1C. The van der Waals surface area contributed by atoms with Crippen molar-refractivity contribution in [3.8, 4) is 5.75 Å². The lowest BCUT2D eigenvalue weighted by Gasteiger charge is -2.20. The third-order valence-electron chi connectivity index (χ3n) is 4.75. The van der Waals surface area contributed by atoms with Gasteiger partial charge in [-0.2, -0.15) is 0 Å². The van der Waals surface area contributed by atoms with Gasteiger partial charge in [-0.3, -0.25) is 4.79 Å². The maximum Gasteiger partial charge on any atom is 0.220 e. The van der Waals surface area contributed by atoms with E-state index >= 15 is 0 Å². The lowest BCUT2D eigenvalue weighted by Crippen LogP contribution is -2.26. The van der Waals surface area contributed by atoms with Crippen LogP contribution in [0.25, 0.3) is 0 Å².